The number of carbonyl (C=O) groups is 1. The first kappa shape index (κ1) is 12.7. The lowest BCUT2D eigenvalue weighted by Crippen LogP contribution is -2.09. The molecule has 1 rings (SSSR count). The molecule has 1 aromatic rings. The van der Waals surface area contributed by atoms with E-state index in [2.05, 4.69) is 0 Å². The number of hydrogen-bond acceptors (Lipinski definition) is 1. The number of benzene rings is 1. The van der Waals surface area contributed by atoms with Crippen LogP contribution < -0.4 is 0 Å². The van der Waals surface area contributed by atoms with Gasteiger partial charge in [0.1, 0.15) is 5.82 Å². The predicted molar refractivity (Wildman–Crippen MR) is 50.6 cm³/mol. The van der Waals surface area contributed by atoms with Crippen LogP contribution in [0.2, 0.25) is 0 Å². The molecule has 0 spiro atoms. The summed E-state index contributed by atoms with van der Waals surface area (Å²) in [5.74, 6) is -1.29. The quantitative estimate of drug-likeness (QED) is 0.573. The lowest BCUT2D eigenvalue weighted by Gasteiger charge is -2.05. The molecule has 0 heterocycles. The van der Waals surface area contributed by atoms with Crippen molar-refractivity contribution in [3.63, 3.8) is 0 Å². The summed E-state index contributed by atoms with van der Waals surface area (Å²) in [6, 6.07) is 5.27. The molecule has 0 saturated heterocycles. The van der Waals surface area contributed by atoms with Crippen molar-refractivity contribution in [3.05, 3.63) is 35.6 Å². The van der Waals surface area contributed by atoms with Gasteiger partial charge in [-0.15, -0.1) is 0 Å². The fourth-order valence-electron chi connectivity index (χ4n) is 1.27. The number of ketones is 1. The van der Waals surface area contributed by atoms with Gasteiger partial charge in [-0.05, 0) is 18.6 Å². The minimum atomic E-state index is -4.27. The minimum absolute atomic E-state index is 0.148. The Balaban J connectivity index is 2.51. The van der Waals surface area contributed by atoms with E-state index < -0.39 is 24.2 Å². The number of Topliss-reactive ketones (excluding diaryl/α,β-unsaturated/α-hetero) is 1. The van der Waals surface area contributed by atoms with Crippen molar-refractivity contribution >= 4 is 5.78 Å². The van der Waals surface area contributed by atoms with Crippen LogP contribution in [0.1, 0.15) is 29.6 Å². The van der Waals surface area contributed by atoms with Gasteiger partial charge >= 0.3 is 6.18 Å². The van der Waals surface area contributed by atoms with Gasteiger partial charge in [-0.3, -0.25) is 4.79 Å². The lowest BCUT2D eigenvalue weighted by molar-refractivity contribution is -0.135. The summed E-state index contributed by atoms with van der Waals surface area (Å²) in [6.45, 7) is 0. The third kappa shape index (κ3) is 4.00. The zero-order valence-corrected chi connectivity index (χ0v) is 8.35. The van der Waals surface area contributed by atoms with Crippen LogP contribution in [0.25, 0.3) is 0 Å². The maximum absolute atomic E-state index is 13.1. The summed E-state index contributed by atoms with van der Waals surface area (Å²) in [5, 5.41) is 0. The fraction of sp³-hybridized carbons (Fsp3) is 0.364. The van der Waals surface area contributed by atoms with Gasteiger partial charge in [-0.25, -0.2) is 4.39 Å². The number of rotatable bonds is 4. The van der Waals surface area contributed by atoms with Crippen LogP contribution in [0.3, 0.4) is 0 Å². The van der Waals surface area contributed by atoms with Crippen molar-refractivity contribution in [2.45, 2.75) is 25.4 Å². The molecule has 0 aliphatic heterocycles. The standard InChI is InChI=1S/C11H10F4O/c12-9-5-2-1-4-8(9)10(16)6-3-7-11(13,14)15/h1-2,4-5H,3,6-7H2. The Kier molecular flexibility index (Phi) is 4.04. The molecule has 0 N–H and O–H groups in total. The summed E-state index contributed by atoms with van der Waals surface area (Å²) in [5.41, 5.74) is -0.148. The molecule has 0 aliphatic rings. The zero-order valence-electron chi connectivity index (χ0n) is 8.35. The predicted octanol–water partition coefficient (Wildman–Crippen LogP) is 3.74. The third-order valence-electron chi connectivity index (χ3n) is 2.04. The smallest absolute Gasteiger partial charge is 0.294 e. The van der Waals surface area contributed by atoms with E-state index in [1.807, 2.05) is 0 Å². The SMILES string of the molecule is O=C(CCCC(F)(F)F)c1ccccc1F. The monoisotopic (exact) mass is 234 g/mol. The second kappa shape index (κ2) is 5.09. The molecule has 0 atom stereocenters. The van der Waals surface area contributed by atoms with E-state index in [-0.39, 0.29) is 18.4 Å². The van der Waals surface area contributed by atoms with Gasteiger partial charge in [0.15, 0.2) is 5.78 Å². The second-order valence-electron chi connectivity index (χ2n) is 3.37. The Morgan fingerprint density at radius 2 is 1.81 bits per heavy atom. The third-order valence-corrected chi connectivity index (χ3v) is 2.04. The number of hydrogen-bond donors (Lipinski definition) is 0. The Labute approximate surface area is 90.1 Å². The molecule has 0 aliphatic carbocycles. The number of halogens is 4. The summed E-state index contributed by atoms with van der Waals surface area (Å²) in [4.78, 5) is 11.3. The average Bonchev–Trinajstić information content (AvgIpc) is 2.16. The van der Waals surface area contributed by atoms with Crippen LogP contribution in [0.4, 0.5) is 17.6 Å². The van der Waals surface area contributed by atoms with Crippen molar-refractivity contribution in [3.8, 4) is 0 Å². The van der Waals surface area contributed by atoms with Gasteiger partial charge in [0.25, 0.3) is 0 Å². The van der Waals surface area contributed by atoms with Crippen LogP contribution in [-0.2, 0) is 0 Å². The van der Waals surface area contributed by atoms with Gasteiger partial charge in [0.2, 0.25) is 0 Å². The summed E-state index contributed by atoms with van der Waals surface area (Å²) in [6.07, 6.45) is -5.89. The molecule has 16 heavy (non-hydrogen) atoms. The van der Waals surface area contributed by atoms with Gasteiger partial charge in [0, 0.05) is 12.8 Å². The molecule has 1 aromatic carbocycles. The zero-order chi connectivity index (χ0) is 12.2. The maximum Gasteiger partial charge on any atom is 0.389 e. The van der Waals surface area contributed by atoms with Crippen molar-refractivity contribution in [2.24, 2.45) is 0 Å². The molecular formula is C11H10F4O. The van der Waals surface area contributed by atoms with Gasteiger partial charge in [0.05, 0.1) is 5.56 Å². The van der Waals surface area contributed by atoms with Crippen LogP contribution in [0.15, 0.2) is 24.3 Å². The summed E-state index contributed by atoms with van der Waals surface area (Å²) in [7, 11) is 0. The van der Waals surface area contributed by atoms with Crippen molar-refractivity contribution in [1.82, 2.24) is 0 Å². The molecule has 0 aromatic heterocycles. The summed E-state index contributed by atoms with van der Waals surface area (Å²) < 4.78 is 48.5. The molecule has 0 unspecified atom stereocenters. The van der Waals surface area contributed by atoms with E-state index in [4.69, 9.17) is 0 Å². The lowest BCUT2D eigenvalue weighted by atomic mass is 10.1. The maximum atomic E-state index is 13.1. The highest BCUT2D eigenvalue weighted by atomic mass is 19.4. The van der Waals surface area contributed by atoms with Crippen LogP contribution >= 0.6 is 0 Å². The highest BCUT2D eigenvalue weighted by Crippen LogP contribution is 2.23. The summed E-state index contributed by atoms with van der Waals surface area (Å²) >= 11 is 0. The Morgan fingerprint density at radius 3 is 2.38 bits per heavy atom. The first-order valence-corrected chi connectivity index (χ1v) is 4.74. The second-order valence-corrected chi connectivity index (χ2v) is 3.37. The van der Waals surface area contributed by atoms with Gasteiger partial charge in [-0.1, -0.05) is 12.1 Å². The van der Waals surface area contributed by atoms with E-state index in [1.54, 1.807) is 0 Å². The molecule has 1 nitrogen and oxygen atoms in total. The van der Waals surface area contributed by atoms with Gasteiger partial charge in [-0.2, -0.15) is 13.2 Å². The molecular weight excluding hydrogens is 224 g/mol. The van der Waals surface area contributed by atoms with E-state index in [1.165, 1.54) is 18.2 Å². The van der Waals surface area contributed by atoms with Crippen molar-refractivity contribution in [2.75, 3.05) is 0 Å². The van der Waals surface area contributed by atoms with Crippen LogP contribution in [0.5, 0.6) is 0 Å². The fourth-order valence-corrected chi connectivity index (χ4v) is 1.27. The highest BCUT2D eigenvalue weighted by molar-refractivity contribution is 5.96. The molecule has 0 saturated carbocycles. The molecule has 0 amide bonds. The van der Waals surface area contributed by atoms with E-state index in [9.17, 15) is 22.4 Å². The van der Waals surface area contributed by atoms with E-state index >= 15 is 0 Å². The van der Waals surface area contributed by atoms with Crippen LogP contribution in [0, 0.1) is 5.82 Å². The first-order chi connectivity index (χ1) is 7.40. The Hall–Kier alpha value is -1.39. The molecule has 0 fully saturated rings. The number of carbonyl (C=O) groups excluding carboxylic acids is 1. The minimum Gasteiger partial charge on any atom is -0.294 e. The highest BCUT2D eigenvalue weighted by Gasteiger charge is 2.26. The molecule has 0 bridgehead atoms. The topological polar surface area (TPSA) is 17.1 Å². The first-order valence-electron chi connectivity index (χ1n) is 4.74. The van der Waals surface area contributed by atoms with E-state index in [0.29, 0.717) is 0 Å². The number of alkyl halides is 3. The van der Waals surface area contributed by atoms with E-state index in [0.717, 1.165) is 6.07 Å². The molecule has 0 radical (unpaired) electrons. The normalized spacial score (nSPS) is 11.5. The van der Waals surface area contributed by atoms with Crippen LogP contribution in [-0.4, -0.2) is 12.0 Å². The van der Waals surface area contributed by atoms with Crippen molar-refractivity contribution in [1.29, 1.82) is 0 Å². The van der Waals surface area contributed by atoms with Crippen molar-refractivity contribution < 1.29 is 22.4 Å². The Morgan fingerprint density at radius 1 is 1.19 bits per heavy atom. The largest absolute Gasteiger partial charge is 0.389 e. The Bertz CT molecular complexity index is 370. The molecule has 88 valence electrons. The average molecular weight is 234 g/mol. The molecule has 5 heteroatoms. The van der Waals surface area contributed by atoms with Gasteiger partial charge < -0.3 is 0 Å².